The van der Waals surface area contributed by atoms with Crippen LogP contribution in [-0.4, -0.2) is 17.6 Å². The van der Waals surface area contributed by atoms with Gasteiger partial charge >= 0.3 is 5.97 Å². The van der Waals surface area contributed by atoms with Crippen LogP contribution in [0.2, 0.25) is 0 Å². The number of aromatic nitrogens is 1. The van der Waals surface area contributed by atoms with Gasteiger partial charge in [-0.1, -0.05) is 0 Å². The summed E-state index contributed by atoms with van der Waals surface area (Å²) in [5.74, 6) is -0.247. The fraction of sp³-hybridized carbons (Fsp3) is 0.333. The minimum atomic E-state index is -0.247. The van der Waals surface area contributed by atoms with Gasteiger partial charge in [0.25, 0.3) is 0 Å². The summed E-state index contributed by atoms with van der Waals surface area (Å²) < 4.78 is 6.78. The summed E-state index contributed by atoms with van der Waals surface area (Å²) in [6, 6.07) is 0. The van der Waals surface area contributed by atoms with Crippen LogP contribution in [0.4, 0.5) is 0 Å². The Morgan fingerprint density at radius 2 is 2.27 bits per heavy atom. The second-order valence-corrected chi connectivity index (χ2v) is 5.66. The second kappa shape index (κ2) is 4.03. The van der Waals surface area contributed by atoms with Crippen LogP contribution in [0.15, 0.2) is 0 Å². The molecule has 3 nitrogen and oxygen atoms in total. The van der Waals surface area contributed by atoms with Crippen molar-refractivity contribution in [1.82, 2.24) is 4.98 Å². The summed E-state index contributed by atoms with van der Waals surface area (Å²) in [5, 5.41) is 0. The molecule has 80 valence electrons. The number of hydrogen-bond acceptors (Lipinski definition) is 5. The third-order valence-electron chi connectivity index (χ3n) is 1.96. The van der Waals surface area contributed by atoms with E-state index in [2.05, 4.69) is 4.98 Å². The Morgan fingerprint density at radius 1 is 1.53 bits per heavy atom. The van der Waals surface area contributed by atoms with Crippen LogP contribution in [0.3, 0.4) is 0 Å². The molecule has 0 unspecified atom stereocenters. The largest absolute Gasteiger partial charge is 0.462 e. The predicted octanol–water partition coefficient (Wildman–Crippen LogP) is 3.51. The third-order valence-corrected chi connectivity index (χ3v) is 4.63. The van der Waals surface area contributed by atoms with Gasteiger partial charge < -0.3 is 9.72 Å². The van der Waals surface area contributed by atoms with Gasteiger partial charge in [0.2, 0.25) is 0 Å². The molecule has 0 aromatic carbocycles. The van der Waals surface area contributed by atoms with Crippen LogP contribution in [0.5, 0.6) is 0 Å². The van der Waals surface area contributed by atoms with Gasteiger partial charge in [0.1, 0.15) is 9.71 Å². The molecular weight excluding hydrogens is 250 g/mol. The van der Waals surface area contributed by atoms with E-state index in [1.54, 1.807) is 6.92 Å². The van der Waals surface area contributed by atoms with E-state index in [1.807, 2.05) is 6.92 Å². The van der Waals surface area contributed by atoms with Crippen molar-refractivity contribution in [3.05, 3.63) is 14.4 Å². The van der Waals surface area contributed by atoms with Crippen LogP contribution >= 0.6 is 34.9 Å². The number of H-pyrrole nitrogens is 1. The quantitative estimate of drug-likeness (QED) is 0.663. The first-order valence-electron chi connectivity index (χ1n) is 4.42. The van der Waals surface area contributed by atoms with Gasteiger partial charge in [0.15, 0.2) is 3.95 Å². The Bertz CT molecular complexity index is 563. The maximum atomic E-state index is 11.6. The van der Waals surface area contributed by atoms with Gasteiger partial charge in [-0.2, -0.15) is 0 Å². The molecule has 2 rings (SSSR count). The molecule has 15 heavy (non-hydrogen) atoms. The highest BCUT2D eigenvalue weighted by molar-refractivity contribution is 7.73. The number of ether oxygens (including phenoxy) is 1. The minimum absolute atomic E-state index is 0.247. The molecule has 0 atom stereocenters. The Morgan fingerprint density at radius 3 is 2.87 bits per heavy atom. The molecule has 0 amide bonds. The first-order valence-corrected chi connectivity index (χ1v) is 6.47. The van der Waals surface area contributed by atoms with E-state index in [1.165, 1.54) is 22.7 Å². The lowest BCUT2D eigenvalue weighted by molar-refractivity contribution is 0.0531. The summed E-state index contributed by atoms with van der Waals surface area (Å²) >= 11 is 7.94. The number of fused-ring (bicyclic) bond motifs is 1. The minimum Gasteiger partial charge on any atom is -0.462 e. The van der Waals surface area contributed by atoms with E-state index in [0.29, 0.717) is 11.5 Å². The van der Waals surface area contributed by atoms with Crippen molar-refractivity contribution in [1.29, 1.82) is 0 Å². The zero-order chi connectivity index (χ0) is 11.0. The Kier molecular flexibility index (Phi) is 2.90. The Labute approximate surface area is 99.7 Å². The number of thiophene rings is 1. The standard InChI is InChI=1S/C9H9NO2S3/c1-3-12-8(11)6-4(2)5-7(14-6)10-9(13)15-5/h3H2,1-2H3,(H,10,13). The molecule has 1 N–H and O–H groups in total. The number of nitrogens with one attached hydrogen (secondary N) is 1. The maximum absolute atomic E-state index is 11.6. The normalized spacial score (nSPS) is 10.8. The van der Waals surface area contributed by atoms with Crippen molar-refractivity contribution in [2.45, 2.75) is 13.8 Å². The van der Waals surface area contributed by atoms with E-state index >= 15 is 0 Å². The van der Waals surface area contributed by atoms with Crippen molar-refractivity contribution >= 4 is 50.4 Å². The van der Waals surface area contributed by atoms with Gasteiger partial charge in [0, 0.05) is 0 Å². The third kappa shape index (κ3) is 1.84. The number of aryl methyl sites for hydroxylation is 1. The average Bonchev–Trinajstić information content (AvgIpc) is 2.66. The lowest BCUT2D eigenvalue weighted by Gasteiger charge is -1.98. The first-order chi connectivity index (χ1) is 7.13. The molecule has 0 bridgehead atoms. The smallest absolute Gasteiger partial charge is 0.348 e. The number of rotatable bonds is 2. The van der Waals surface area contributed by atoms with Gasteiger partial charge in [-0.15, -0.1) is 22.7 Å². The summed E-state index contributed by atoms with van der Waals surface area (Å²) in [7, 11) is 0. The summed E-state index contributed by atoms with van der Waals surface area (Å²) in [4.78, 5) is 16.3. The molecule has 6 heteroatoms. The van der Waals surface area contributed by atoms with Gasteiger partial charge in [0.05, 0.1) is 11.3 Å². The van der Waals surface area contributed by atoms with Crippen LogP contribution in [-0.2, 0) is 4.74 Å². The predicted molar refractivity (Wildman–Crippen MR) is 65.6 cm³/mol. The van der Waals surface area contributed by atoms with Crippen LogP contribution in [0.1, 0.15) is 22.2 Å². The first kappa shape index (κ1) is 10.8. The molecule has 0 radical (unpaired) electrons. The van der Waals surface area contributed by atoms with Gasteiger partial charge in [-0.25, -0.2) is 4.79 Å². The van der Waals surface area contributed by atoms with Gasteiger partial charge in [-0.3, -0.25) is 0 Å². The van der Waals surface area contributed by atoms with Crippen LogP contribution in [0, 0.1) is 10.9 Å². The number of carbonyl (C=O) groups excluding carboxylic acids is 1. The number of carbonyl (C=O) groups is 1. The number of aromatic amines is 1. The monoisotopic (exact) mass is 259 g/mol. The Hall–Kier alpha value is -0.720. The molecule has 0 aliphatic carbocycles. The fourth-order valence-electron chi connectivity index (χ4n) is 1.31. The van der Waals surface area contributed by atoms with Crippen molar-refractivity contribution in [2.75, 3.05) is 6.61 Å². The SMILES string of the molecule is CCOC(=O)c1sc2[nH]c(=S)sc2c1C. The maximum Gasteiger partial charge on any atom is 0.348 e. The molecule has 2 aromatic rings. The van der Waals surface area contributed by atoms with E-state index in [0.717, 1.165) is 19.0 Å². The highest BCUT2D eigenvalue weighted by atomic mass is 32.1. The van der Waals surface area contributed by atoms with E-state index in [4.69, 9.17) is 17.0 Å². The van der Waals surface area contributed by atoms with E-state index in [-0.39, 0.29) is 5.97 Å². The average molecular weight is 259 g/mol. The Balaban J connectivity index is 2.54. The highest BCUT2D eigenvalue weighted by Crippen LogP contribution is 2.33. The van der Waals surface area contributed by atoms with Crippen molar-refractivity contribution in [2.24, 2.45) is 0 Å². The fourth-order valence-corrected chi connectivity index (χ4v) is 3.84. The van der Waals surface area contributed by atoms with E-state index in [9.17, 15) is 4.79 Å². The second-order valence-electron chi connectivity index (χ2n) is 2.95. The highest BCUT2D eigenvalue weighted by Gasteiger charge is 2.17. The molecule has 2 aromatic heterocycles. The number of thiazole rings is 1. The zero-order valence-electron chi connectivity index (χ0n) is 8.25. The molecular formula is C9H9NO2S3. The molecule has 0 saturated heterocycles. The van der Waals surface area contributed by atoms with Crippen molar-refractivity contribution in [3.8, 4) is 0 Å². The van der Waals surface area contributed by atoms with Crippen LogP contribution in [0.25, 0.3) is 9.53 Å². The molecule has 2 heterocycles. The molecule has 0 saturated carbocycles. The lowest BCUT2D eigenvalue weighted by Crippen LogP contribution is -2.03. The topological polar surface area (TPSA) is 42.1 Å². The number of esters is 1. The molecule has 0 aliphatic rings. The van der Waals surface area contributed by atoms with Crippen molar-refractivity contribution in [3.63, 3.8) is 0 Å². The zero-order valence-corrected chi connectivity index (χ0v) is 10.7. The van der Waals surface area contributed by atoms with E-state index < -0.39 is 0 Å². The summed E-state index contributed by atoms with van der Waals surface area (Å²) in [6.45, 7) is 4.13. The molecule has 0 fully saturated rings. The molecule has 0 aliphatic heterocycles. The van der Waals surface area contributed by atoms with Crippen LogP contribution < -0.4 is 0 Å². The van der Waals surface area contributed by atoms with Crippen molar-refractivity contribution < 1.29 is 9.53 Å². The molecule has 0 spiro atoms. The van der Waals surface area contributed by atoms with Gasteiger partial charge in [-0.05, 0) is 31.6 Å². The summed E-state index contributed by atoms with van der Waals surface area (Å²) in [6.07, 6.45) is 0. The number of hydrogen-bond donors (Lipinski definition) is 1. The summed E-state index contributed by atoms with van der Waals surface area (Å²) in [5.41, 5.74) is 0.964. The lowest BCUT2D eigenvalue weighted by atomic mass is 10.3.